The van der Waals surface area contributed by atoms with Crippen molar-refractivity contribution >= 4 is 23.2 Å². The third-order valence-electron chi connectivity index (χ3n) is 5.51. The highest BCUT2D eigenvalue weighted by Crippen LogP contribution is 2.28. The number of thiophene rings is 1. The molecule has 0 bridgehead atoms. The minimum atomic E-state index is -1.11. The first-order valence-corrected chi connectivity index (χ1v) is 11.1. The zero-order chi connectivity index (χ0) is 21.7. The summed E-state index contributed by atoms with van der Waals surface area (Å²) in [6.07, 6.45) is 4.03. The third-order valence-corrected chi connectivity index (χ3v) is 6.43. The molecule has 2 aromatic heterocycles. The first kappa shape index (κ1) is 21.2. The molecule has 0 unspecified atom stereocenters. The molecule has 1 aromatic carbocycles. The van der Waals surface area contributed by atoms with Crippen LogP contribution in [0.4, 0.5) is 0 Å². The van der Waals surface area contributed by atoms with Gasteiger partial charge in [-0.3, -0.25) is 14.6 Å². The van der Waals surface area contributed by atoms with Crippen molar-refractivity contribution in [3.63, 3.8) is 0 Å². The van der Waals surface area contributed by atoms with E-state index in [2.05, 4.69) is 33.9 Å². The van der Waals surface area contributed by atoms with E-state index in [4.69, 9.17) is 4.74 Å². The number of hydrogen-bond acceptors (Lipinski definition) is 5. The number of pyridine rings is 1. The van der Waals surface area contributed by atoms with Gasteiger partial charge in [-0.05, 0) is 34.2 Å². The number of ether oxygens (including phenoxy) is 1. The van der Waals surface area contributed by atoms with Crippen molar-refractivity contribution in [1.82, 2.24) is 15.2 Å². The highest BCUT2D eigenvalue weighted by molar-refractivity contribution is 7.13. The van der Waals surface area contributed by atoms with Crippen LogP contribution in [0, 0.1) is 0 Å². The monoisotopic (exact) mass is 435 g/mol. The van der Waals surface area contributed by atoms with Crippen LogP contribution < -0.4 is 5.32 Å². The lowest BCUT2D eigenvalue weighted by Crippen LogP contribution is -2.61. The van der Waals surface area contributed by atoms with E-state index < -0.39 is 5.60 Å². The molecule has 6 nitrogen and oxygen atoms in total. The molecule has 1 aliphatic rings. The lowest BCUT2D eigenvalue weighted by Gasteiger charge is -2.41. The fraction of sp³-hybridized carbons (Fsp3) is 0.292. The van der Waals surface area contributed by atoms with E-state index in [1.165, 1.54) is 4.88 Å². The van der Waals surface area contributed by atoms with Gasteiger partial charge in [0.05, 0.1) is 19.6 Å². The average molecular weight is 436 g/mol. The van der Waals surface area contributed by atoms with E-state index in [0.29, 0.717) is 19.6 Å². The number of carbonyl (C=O) groups is 2. The second kappa shape index (κ2) is 9.41. The number of nitrogens with one attached hydrogen (secondary N) is 1. The average Bonchev–Trinajstić information content (AvgIpc) is 3.35. The number of amides is 2. The summed E-state index contributed by atoms with van der Waals surface area (Å²) in [5, 5.41) is 4.78. The Labute approximate surface area is 185 Å². The molecule has 3 heterocycles. The smallest absolute Gasteiger partial charge is 0.254 e. The minimum Gasteiger partial charge on any atom is -0.361 e. The predicted molar refractivity (Wildman–Crippen MR) is 121 cm³/mol. The van der Waals surface area contributed by atoms with Crippen LogP contribution in [0.25, 0.3) is 10.4 Å². The SMILES string of the molecule is CNC(=O)[C@@]1(Cc2ccc(-c3cccs3)cc2)CN(C(=O)Cc2cccnc2)CCO1. The van der Waals surface area contributed by atoms with Crippen molar-refractivity contribution in [1.29, 1.82) is 0 Å². The van der Waals surface area contributed by atoms with Gasteiger partial charge in [0.25, 0.3) is 5.91 Å². The Hall–Kier alpha value is -3.03. The number of morpholine rings is 1. The molecule has 1 aliphatic heterocycles. The normalized spacial score (nSPS) is 18.5. The van der Waals surface area contributed by atoms with Crippen LogP contribution in [-0.4, -0.2) is 54.0 Å². The molecule has 0 aliphatic carbocycles. The van der Waals surface area contributed by atoms with Gasteiger partial charge >= 0.3 is 0 Å². The summed E-state index contributed by atoms with van der Waals surface area (Å²) in [5.41, 5.74) is 1.88. The van der Waals surface area contributed by atoms with Crippen molar-refractivity contribution in [2.24, 2.45) is 0 Å². The number of likely N-dealkylation sites (N-methyl/N-ethyl adjacent to an activating group) is 1. The van der Waals surface area contributed by atoms with Crippen molar-refractivity contribution < 1.29 is 14.3 Å². The summed E-state index contributed by atoms with van der Waals surface area (Å²) in [4.78, 5) is 32.8. The predicted octanol–water partition coefficient (Wildman–Crippen LogP) is 2.94. The van der Waals surface area contributed by atoms with Crippen LogP contribution in [0.1, 0.15) is 11.1 Å². The molecule has 160 valence electrons. The molecule has 0 radical (unpaired) electrons. The molecular weight excluding hydrogens is 410 g/mol. The van der Waals surface area contributed by atoms with E-state index in [9.17, 15) is 9.59 Å². The maximum absolute atomic E-state index is 12.9. The fourth-order valence-corrected chi connectivity index (χ4v) is 4.63. The Kier molecular flexibility index (Phi) is 6.44. The van der Waals surface area contributed by atoms with Crippen molar-refractivity contribution in [2.45, 2.75) is 18.4 Å². The number of rotatable bonds is 6. The molecule has 31 heavy (non-hydrogen) atoms. The van der Waals surface area contributed by atoms with E-state index in [1.54, 1.807) is 35.7 Å². The molecule has 2 amide bonds. The molecule has 3 aromatic rings. The summed E-state index contributed by atoms with van der Waals surface area (Å²) in [6, 6.07) is 16.0. The van der Waals surface area contributed by atoms with Crippen LogP contribution in [0.3, 0.4) is 0 Å². The van der Waals surface area contributed by atoms with Gasteiger partial charge in [-0.25, -0.2) is 0 Å². The Bertz CT molecular complexity index is 1020. The molecule has 0 saturated carbocycles. The van der Waals surface area contributed by atoms with Gasteiger partial charge in [0.1, 0.15) is 0 Å². The molecular formula is C24H25N3O3S. The Morgan fingerprint density at radius 3 is 2.68 bits per heavy atom. The number of hydrogen-bond donors (Lipinski definition) is 1. The Morgan fingerprint density at radius 1 is 1.16 bits per heavy atom. The summed E-state index contributed by atoms with van der Waals surface area (Å²) >= 11 is 1.69. The molecule has 1 N–H and O–H groups in total. The second-order valence-corrected chi connectivity index (χ2v) is 8.57. The van der Waals surface area contributed by atoms with Crippen LogP contribution in [0.5, 0.6) is 0 Å². The maximum Gasteiger partial charge on any atom is 0.254 e. The fourth-order valence-electron chi connectivity index (χ4n) is 3.90. The number of carbonyl (C=O) groups excluding carboxylic acids is 2. The number of benzene rings is 1. The largest absolute Gasteiger partial charge is 0.361 e. The highest BCUT2D eigenvalue weighted by atomic mass is 32.1. The Morgan fingerprint density at radius 2 is 2.00 bits per heavy atom. The maximum atomic E-state index is 12.9. The first-order valence-electron chi connectivity index (χ1n) is 10.3. The Balaban J connectivity index is 1.51. The van der Waals surface area contributed by atoms with Gasteiger partial charge in [-0.15, -0.1) is 11.3 Å². The van der Waals surface area contributed by atoms with Crippen molar-refractivity contribution in [2.75, 3.05) is 26.7 Å². The molecule has 4 rings (SSSR count). The topological polar surface area (TPSA) is 71.5 Å². The summed E-state index contributed by atoms with van der Waals surface area (Å²) in [5.74, 6) is -0.244. The molecule has 1 fully saturated rings. The van der Waals surface area contributed by atoms with Gasteiger partial charge in [0.15, 0.2) is 5.60 Å². The van der Waals surface area contributed by atoms with Crippen LogP contribution >= 0.6 is 11.3 Å². The van der Waals surface area contributed by atoms with Crippen molar-refractivity contribution in [3.8, 4) is 10.4 Å². The molecule has 1 saturated heterocycles. The van der Waals surface area contributed by atoms with Crippen LogP contribution in [0.2, 0.25) is 0 Å². The zero-order valence-corrected chi connectivity index (χ0v) is 18.2. The lowest BCUT2D eigenvalue weighted by atomic mass is 9.90. The summed E-state index contributed by atoms with van der Waals surface area (Å²) in [6.45, 7) is 1.01. The number of nitrogens with zero attached hydrogens (tertiary/aromatic N) is 2. The standard InChI is InChI=1S/C24H25N3O3S/c1-25-23(29)24(15-18-6-8-20(9-7-18)21-5-3-13-31-21)17-27(11-12-30-24)22(28)14-19-4-2-10-26-16-19/h2-10,13,16H,11-12,14-15,17H2,1H3,(H,25,29)/t24-/m1/s1. The van der Waals surface area contributed by atoms with E-state index in [-0.39, 0.29) is 24.8 Å². The van der Waals surface area contributed by atoms with Crippen LogP contribution in [0.15, 0.2) is 66.3 Å². The zero-order valence-electron chi connectivity index (χ0n) is 17.4. The van der Waals surface area contributed by atoms with Gasteiger partial charge in [-0.2, -0.15) is 0 Å². The van der Waals surface area contributed by atoms with E-state index in [0.717, 1.165) is 16.7 Å². The second-order valence-electron chi connectivity index (χ2n) is 7.63. The quantitative estimate of drug-likeness (QED) is 0.646. The van der Waals surface area contributed by atoms with E-state index >= 15 is 0 Å². The van der Waals surface area contributed by atoms with E-state index in [1.807, 2.05) is 30.3 Å². The lowest BCUT2D eigenvalue weighted by molar-refractivity contribution is -0.165. The molecule has 0 spiro atoms. The number of aromatic nitrogens is 1. The first-order chi connectivity index (χ1) is 15.1. The summed E-state index contributed by atoms with van der Waals surface area (Å²) in [7, 11) is 1.60. The third kappa shape index (κ3) is 4.84. The van der Waals surface area contributed by atoms with Gasteiger partial charge in [0, 0.05) is 37.3 Å². The summed E-state index contributed by atoms with van der Waals surface area (Å²) < 4.78 is 6.04. The highest BCUT2D eigenvalue weighted by Gasteiger charge is 2.44. The molecule has 7 heteroatoms. The van der Waals surface area contributed by atoms with Crippen LogP contribution in [-0.2, 0) is 27.2 Å². The van der Waals surface area contributed by atoms with Gasteiger partial charge < -0.3 is 15.0 Å². The minimum absolute atomic E-state index is 0.0300. The molecule has 1 atom stereocenters. The van der Waals surface area contributed by atoms with Crippen molar-refractivity contribution in [3.05, 3.63) is 77.4 Å². The van der Waals surface area contributed by atoms with Gasteiger partial charge in [-0.1, -0.05) is 36.4 Å². The van der Waals surface area contributed by atoms with Gasteiger partial charge in [0.2, 0.25) is 5.91 Å².